The molecule has 9 nitrogen and oxygen atoms in total. The quantitative estimate of drug-likeness (QED) is 0.455. The number of nitro benzene ring substituents is 1. The van der Waals surface area contributed by atoms with Gasteiger partial charge in [0.25, 0.3) is 11.6 Å². The van der Waals surface area contributed by atoms with E-state index in [0.29, 0.717) is 5.56 Å². The highest BCUT2D eigenvalue weighted by molar-refractivity contribution is 7.18. The molecule has 10 heteroatoms. The van der Waals surface area contributed by atoms with Gasteiger partial charge in [-0.2, -0.15) is 0 Å². The first kappa shape index (κ1) is 20.0. The van der Waals surface area contributed by atoms with Gasteiger partial charge in [0.15, 0.2) is 0 Å². The summed E-state index contributed by atoms with van der Waals surface area (Å²) >= 11 is 0.893. The fraction of sp³-hybridized carbons (Fsp3) is 0.235. The van der Waals surface area contributed by atoms with Crippen LogP contribution in [0.4, 0.5) is 10.7 Å². The van der Waals surface area contributed by atoms with Gasteiger partial charge in [0, 0.05) is 17.7 Å². The molecule has 0 atom stereocenters. The maximum atomic E-state index is 12.4. The third-order valence-corrected chi connectivity index (χ3v) is 4.75. The van der Waals surface area contributed by atoms with Gasteiger partial charge in [-0.1, -0.05) is 0 Å². The van der Waals surface area contributed by atoms with Crippen molar-refractivity contribution in [1.29, 1.82) is 0 Å². The van der Waals surface area contributed by atoms with E-state index in [1.807, 2.05) is 0 Å². The maximum Gasteiger partial charge on any atom is 0.348 e. The highest BCUT2D eigenvalue weighted by Crippen LogP contribution is 2.34. The number of ether oxygens (including phenoxy) is 2. The molecule has 0 unspecified atom stereocenters. The molecule has 0 saturated carbocycles. The van der Waals surface area contributed by atoms with Crippen LogP contribution in [0.15, 0.2) is 24.3 Å². The molecule has 2 rings (SSSR count). The van der Waals surface area contributed by atoms with E-state index in [9.17, 15) is 24.5 Å². The van der Waals surface area contributed by atoms with E-state index in [1.165, 1.54) is 31.4 Å². The Morgan fingerprint density at radius 3 is 2.33 bits per heavy atom. The second-order valence-electron chi connectivity index (χ2n) is 5.23. The number of benzene rings is 1. The van der Waals surface area contributed by atoms with Crippen LogP contribution in [-0.2, 0) is 9.47 Å². The average Bonchev–Trinajstić information content (AvgIpc) is 2.97. The van der Waals surface area contributed by atoms with Crippen LogP contribution in [-0.4, -0.2) is 36.5 Å². The third-order valence-electron chi connectivity index (χ3n) is 3.56. The van der Waals surface area contributed by atoms with Gasteiger partial charge in [-0.15, -0.1) is 11.3 Å². The van der Waals surface area contributed by atoms with E-state index in [4.69, 9.17) is 9.47 Å². The molecule has 0 aliphatic heterocycles. The van der Waals surface area contributed by atoms with Crippen molar-refractivity contribution in [3.8, 4) is 0 Å². The Morgan fingerprint density at radius 2 is 1.81 bits per heavy atom. The number of amides is 1. The minimum Gasteiger partial charge on any atom is -0.465 e. The monoisotopic (exact) mass is 392 g/mol. The van der Waals surface area contributed by atoms with E-state index in [-0.39, 0.29) is 33.3 Å². The van der Waals surface area contributed by atoms with Crippen molar-refractivity contribution in [2.75, 3.05) is 19.0 Å². The number of nitro groups is 1. The number of non-ortho nitro benzene ring substituents is 1. The number of nitrogens with one attached hydrogen (secondary N) is 1. The first-order valence-corrected chi connectivity index (χ1v) is 8.56. The van der Waals surface area contributed by atoms with Crippen molar-refractivity contribution in [1.82, 2.24) is 0 Å². The Bertz CT molecular complexity index is 903. The minimum absolute atomic E-state index is 0.0563. The maximum absolute atomic E-state index is 12.4. The van der Waals surface area contributed by atoms with Crippen molar-refractivity contribution in [3.63, 3.8) is 0 Å². The zero-order chi connectivity index (χ0) is 20.1. The molecule has 1 aromatic carbocycles. The highest BCUT2D eigenvalue weighted by Gasteiger charge is 2.27. The predicted molar refractivity (Wildman–Crippen MR) is 97.4 cm³/mol. The van der Waals surface area contributed by atoms with Crippen LogP contribution >= 0.6 is 11.3 Å². The molecule has 1 aromatic heterocycles. The van der Waals surface area contributed by atoms with Gasteiger partial charge in [0.1, 0.15) is 9.88 Å². The Balaban J connectivity index is 2.37. The summed E-state index contributed by atoms with van der Waals surface area (Å²) in [5, 5.41) is 13.4. The SMILES string of the molecule is CCOC(=O)c1sc(NC(=O)c2ccc([N+](=O)[O-])cc2)c(C(=O)OC)c1C. The molecule has 1 N–H and O–H groups in total. The second-order valence-corrected chi connectivity index (χ2v) is 6.25. The summed E-state index contributed by atoms with van der Waals surface area (Å²) in [6, 6.07) is 4.97. The topological polar surface area (TPSA) is 125 Å². The van der Waals surface area contributed by atoms with E-state index in [2.05, 4.69) is 5.32 Å². The van der Waals surface area contributed by atoms with Crippen molar-refractivity contribution in [2.24, 2.45) is 0 Å². The molecule has 0 radical (unpaired) electrons. The molecule has 0 spiro atoms. The standard InChI is InChI=1S/C17H16N2O7S/c1-4-26-17(22)13-9(2)12(16(21)25-3)15(27-13)18-14(20)10-5-7-11(8-6-10)19(23)24/h5-8H,4H2,1-3H3,(H,18,20). The highest BCUT2D eigenvalue weighted by atomic mass is 32.1. The van der Waals surface area contributed by atoms with Crippen LogP contribution < -0.4 is 5.32 Å². The molecule has 2 aromatic rings. The lowest BCUT2D eigenvalue weighted by Gasteiger charge is -2.06. The minimum atomic E-state index is -0.710. The molecule has 0 saturated heterocycles. The van der Waals surface area contributed by atoms with Crippen molar-refractivity contribution in [2.45, 2.75) is 13.8 Å². The zero-order valence-electron chi connectivity index (χ0n) is 14.7. The van der Waals surface area contributed by atoms with E-state index >= 15 is 0 Å². The zero-order valence-corrected chi connectivity index (χ0v) is 15.5. The number of hydrogen-bond acceptors (Lipinski definition) is 8. The normalized spacial score (nSPS) is 10.2. The summed E-state index contributed by atoms with van der Waals surface area (Å²) in [5.74, 6) is -1.91. The summed E-state index contributed by atoms with van der Waals surface area (Å²) in [7, 11) is 1.19. The van der Waals surface area contributed by atoms with Gasteiger partial charge < -0.3 is 14.8 Å². The summed E-state index contributed by atoms with van der Waals surface area (Å²) in [4.78, 5) is 46.9. The first-order valence-electron chi connectivity index (χ1n) is 7.74. The van der Waals surface area contributed by atoms with Gasteiger partial charge in [-0.05, 0) is 31.5 Å². The second kappa shape index (κ2) is 8.41. The van der Waals surface area contributed by atoms with Gasteiger partial charge in [-0.3, -0.25) is 14.9 Å². The lowest BCUT2D eigenvalue weighted by molar-refractivity contribution is -0.384. The van der Waals surface area contributed by atoms with Crippen LogP contribution in [0.1, 0.15) is 42.9 Å². The van der Waals surface area contributed by atoms with E-state index in [0.717, 1.165) is 11.3 Å². The number of rotatable bonds is 6. The summed E-state index contributed by atoms with van der Waals surface area (Å²) in [6.07, 6.45) is 0. The van der Waals surface area contributed by atoms with Gasteiger partial charge in [0.2, 0.25) is 0 Å². The average molecular weight is 392 g/mol. The Morgan fingerprint density at radius 1 is 1.19 bits per heavy atom. The lowest BCUT2D eigenvalue weighted by Crippen LogP contribution is -2.14. The summed E-state index contributed by atoms with van der Waals surface area (Å²) in [6.45, 7) is 3.37. The molecular weight excluding hydrogens is 376 g/mol. The third kappa shape index (κ3) is 4.29. The van der Waals surface area contributed by atoms with E-state index in [1.54, 1.807) is 13.8 Å². The Hall–Kier alpha value is -3.27. The molecule has 0 bridgehead atoms. The van der Waals surface area contributed by atoms with Gasteiger partial charge >= 0.3 is 11.9 Å². The van der Waals surface area contributed by atoms with Crippen molar-refractivity contribution < 1.29 is 28.8 Å². The number of methoxy groups -OCH3 is 1. The molecule has 27 heavy (non-hydrogen) atoms. The number of nitrogens with zero attached hydrogens (tertiary/aromatic N) is 1. The molecule has 0 fully saturated rings. The number of carbonyl (C=O) groups excluding carboxylic acids is 3. The molecule has 1 heterocycles. The number of esters is 2. The number of anilines is 1. The molecule has 0 aliphatic carbocycles. The summed E-state index contributed by atoms with van der Waals surface area (Å²) < 4.78 is 9.69. The van der Waals surface area contributed by atoms with Crippen LogP contribution in [0, 0.1) is 17.0 Å². The van der Waals surface area contributed by atoms with Crippen LogP contribution in [0.25, 0.3) is 0 Å². The molecule has 142 valence electrons. The van der Waals surface area contributed by atoms with Crippen LogP contribution in [0.3, 0.4) is 0 Å². The number of thiophene rings is 1. The van der Waals surface area contributed by atoms with Crippen molar-refractivity contribution >= 4 is 39.9 Å². The Kier molecular flexibility index (Phi) is 6.24. The van der Waals surface area contributed by atoms with Crippen LogP contribution in [0.2, 0.25) is 0 Å². The first-order chi connectivity index (χ1) is 12.8. The smallest absolute Gasteiger partial charge is 0.348 e. The van der Waals surface area contributed by atoms with E-state index < -0.39 is 22.8 Å². The largest absolute Gasteiger partial charge is 0.465 e. The lowest BCUT2D eigenvalue weighted by atomic mass is 10.1. The molecule has 1 amide bonds. The fourth-order valence-corrected chi connectivity index (χ4v) is 3.33. The summed E-state index contributed by atoms with van der Waals surface area (Å²) in [5.41, 5.74) is 0.392. The van der Waals surface area contributed by atoms with Crippen molar-refractivity contribution in [3.05, 3.63) is 55.9 Å². The van der Waals surface area contributed by atoms with Gasteiger partial charge in [0.05, 0.1) is 24.2 Å². The molecular formula is C17H16N2O7S. The van der Waals surface area contributed by atoms with Gasteiger partial charge in [-0.25, -0.2) is 9.59 Å². The fourth-order valence-electron chi connectivity index (χ4n) is 2.25. The number of carbonyl (C=O) groups is 3. The predicted octanol–water partition coefficient (Wildman–Crippen LogP) is 3.18. The van der Waals surface area contributed by atoms with Crippen LogP contribution in [0.5, 0.6) is 0 Å². The number of hydrogen-bond donors (Lipinski definition) is 1. The Labute approximate surface area is 158 Å². The molecule has 0 aliphatic rings.